The number of amides is 2. The van der Waals surface area contributed by atoms with Gasteiger partial charge >= 0.3 is 0 Å². The van der Waals surface area contributed by atoms with Crippen LogP contribution in [0.15, 0.2) is 41.2 Å². The Balaban J connectivity index is 1.33. The van der Waals surface area contributed by atoms with Gasteiger partial charge < -0.3 is 14.5 Å². The van der Waals surface area contributed by atoms with Crippen molar-refractivity contribution in [1.29, 1.82) is 0 Å². The van der Waals surface area contributed by atoms with E-state index in [9.17, 15) is 9.59 Å². The zero-order valence-corrected chi connectivity index (χ0v) is 19.5. The van der Waals surface area contributed by atoms with Crippen molar-refractivity contribution in [3.63, 3.8) is 0 Å². The summed E-state index contributed by atoms with van der Waals surface area (Å²) in [6.45, 7) is 2.23. The molecule has 1 fully saturated rings. The molecule has 0 atom stereocenters. The van der Waals surface area contributed by atoms with Crippen molar-refractivity contribution in [3.8, 4) is 5.75 Å². The minimum Gasteiger partial charge on any atom is -0.484 e. The molecule has 1 aromatic carbocycles. The van der Waals surface area contributed by atoms with Gasteiger partial charge in [-0.15, -0.1) is 11.3 Å². The molecule has 2 amide bonds. The fourth-order valence-corrected chi connectivity index (χ4v) is 4.69. The largest absolute Gasteiger partial charge is 0.484 e. The summed E-state index contributed by atoms with van der Waals surface area (Å²) in [6, 6.07) is 9.32. The summed E-state index contributed by atoms with van der Waals surface area (Å²) in [5.41, 5.74) is 5.02. The molecule has 0 saturated heterocycles. The van der Waals surface area contributed by atoms with E-state index in [2.05, 4.69) is 4.98 Å². The molecule has 3 heterocycles. The zero-order chi connectivity index (χ0) is 22.8. The Kier molecular flexibility index (Phi) is 6.13. The van der Waals surface area contributed by atoms with Crippen molar-refractivity contribution in [1.82, 2.24) is 24.6 Å². The Bertz CT molecular complexity index is 1120. The SMILES string of the molecule is CN(Cc1cscn1)C(=O)c1nn(CC2CC2)c2c1CN(C(=O)COc1ccccc1)CC2. The molecule has 2 aliphatic rings. The highest BCUT2D eigenvalue weighted by atomic mass is 32.1. The first-order chi connectivity index (χ1) is 16.1. The highest BCUT2D eigenvalue weighted by Crippen LogP contribution is 2.33. The average molecular weight is 466 g/mol. The number of aromatic nitrogens is 3. The second-order valence-electron chi connectivity index (χ2n) is 8.71. The maximum Gasteiger partial charge on any atom is 0.274 e. The predicted octanol–water partition coefficient (Wildman–Crippen LogP) is 2.99. The van der Waals surface area contributed by atoms with Crippen LogP contribution in [0.4, 0.5) is 0 Å². The lowest BCUT2D eigenvalue weighted by molar-refractivity contribution is -0.134. The lowest BCUT2D eigenvalue weighted by atomic mass is 10.0. The topological polar surface area (TPSA) is 80.6 Å². The van der Waals surface area contributed by atoms with Crippen LogP contribution in [-0.4, -0.2) is 56.6 Å². The number of thiazole rings is 1. The summed E-state index contributed by atoms with van der Waals surface area (Å²) < 4.78 is 7.67. The number of para-hydroxylation sites is 1. The third kappa shape index (κ3) is 4.93. The van der Waals surface area contributed by atoms with Gasteiger partial charge in [0.25, 0.3) is 11.8 Å². The third-order valence-electron chi connectivity index (χ3n) is 6.15. The second-order valence-corrected chi connectivity index (χ2v) is 9.43. The molecule has 1 aliphatic heterocycles. The molecule has 0 bridgehead atoms. The van der Waals surface area contributed by atoms with Crippen LogP contribution in [0.5, 0.6) is 5.75 Å². The van der Waals surface area contributed by atoms with Crippen molar-refractivity contribution in [2.24, 2.45) is 5.92 Å². The van der Waals surface area contributed by atoms with Gasteiger partial charge in [0.1, 0.15) is 5.75 Å². The minimum absolute atomic E-state index is 0.0252. The van der Waals surface area contributed by atoms with Gasteiger partial charge in [-0.2, -0.15) is 5.10 Å². The molecule has 5 rings (SSSR count). The van der Waals surface area contributed by atoms with Gasteiger partial charge in [-0.3, -0.25) is 14.3 Å². The summed E-state index contributed by atoms with van der Waals surface area (Å²) in [5, 5.41) is 6.69. The molecule has 2 aromatic heterocycles. The maximum absolute atomic E-state index is 13.3. The molecule has 9 heteroatoms. The molecule has 3 aromatic rings. The van der Waals surface area contributed by atoms with E-state index in [-0.39, 0.29) is 18.4 Å². The van der Waals surface area contributed by atoms with Crippen LogP contribution in [0.1, 0.15) is 40.3 Å². The molecule has 1 saturated carbocycles. The van der Waals surface area contributed by atoms with Gasteiger partial charge in [0.05, 0.1) is 17.7 Å². The molecule has 0 N–H and O–H groups in total. The molecule has 33 heavy (non-hydrogen) atoms. The molecule has 1 aliphatic carbocycles. The first kappa shape index (κ1) is 21.6. The van der Waals surface area contributed by atoms with E-state index in [1.165, 1.54) is 24.2 Å². The third-order valence-corrected chi connectivity index (χ3v) is 6.79. The van der Waals surface area contributed by atoms with E-state index < -0.39 is 0 Å². The van der Waals surface area contributed by atoms with Crippen LogP contribution < -0.4 is 4.74 Å². The molecule has 0 radical (unpaired) electrons. The van der Waals surface area contributed by atoms with Crippen molar-refractivity contribution in [2.45, 2.75) is 38.9 Å². The van der Waals surface area contributed by atoms with Gasteiger partial charge in [0.15, 0.2) is 12.3 Å². The number of carbonyl (C=O) groups excluding carboxylic acids is 2. The van der Waals surface area contributed by atoms with Crippen LogP contribution in [-0.2, 0) is 30.8 Å². The van der Waals surface area contributed by atoms with Gasteiger partial charge in [-0.1, -0.05) is 18.2 Å². The lowest BCUT2D eigenvalue weighted by Gasteiger charge is -2.28. The summed E-state index contributed by atoms with van der Waals surface area (Å²) in [7, 11) is 1.77. The molecule has 172 valence electrons. The number of fused-ring (bicyclic) bond motifs is 1. The van der Waals surface area contributed by atoms with Gasteiger partial charge in [0, 0.05) is 49.7 Å². The van der Waals surface area contributed by atoms with Gasteiger partial charge in [-0.25, -0.2) is 4.98 Å². The fourth-order valence-electron chi connectivity index (χ4n) is 4.14. The van der Waals surface area contributed by atoms with Crippen LogP contribution in [0.3, 0.4) is 0 Å². The number of ether oxygens (including phenoxy) is 1. The number of carbonyl (C=O) groups is 2. The quantitative estimate of drug-likeness (QED) is 0.511. The first-order valence-electron chi connectivity index (χ1n) is 11.2. The number of benzene rings is 1. The normalized spacial score (nSPS) is 15.2. The van der Waals surface area contributed by atoms with Crippen molar-refractivity contribution < 1.29 is 14.3 Å². The standard InChI is InChI=1S/C24H27N5O3S/c1-27(12-18-15-33-16-25-18)24(31)23-20-13-28(22(30)14-32-19-5-3-2-4-6-19)10-9-21(20)29(26-23)11-17-7-8-17/h2-6,15-17H,7-14H2,1H3. The number of nitrogens with zero attached hydrogens (tertiary/aromatic N) is 5. The van der Waals surface area contributed by atoms with Crippen molar-refractivity contribution in [2.75, 3.05) is 20.2 Å². The first-order valence-corrected chi connectivity index (χ1v) is 12.2. The highest BCUT2D eigenvalue weighted by Gasteiger charge is 2.33. The Hall–Kier alpha value is -3.20. The molecular weight excluding hydrogens is 438 g/mol. The number of rotatable bonds is 8. The maximum atomic E-state index is 13.3. The molecule has 8 nitrogen and oxygen atoms in total. The Morgan fingerprint density at radius 3 is 2.79 bits per heavy atom. The smallest absolute Gasteiger partial charge is 0.274 e. The molecular formula is C24H27N5O3S. The Labute approximate surface area is 196 Å². The van der Waals surface area contributed by atoms with E-state index >= 15 is 0 Å². The van der Waals surface area contributed by atoms with Crippen molar-refractivity contribution in [3.05, 3.63) is 63.9 Å². The van der Waals surface area contributed by atoms with Crippen LogP contribution in [0.2, 0.25) is 0 Å². The number of hydrogen-bond donors (Lipinski definition) is 0. The Morgan fingerprint density at radius 2 is 2.06 bits per heavy atom. The molecule has 0 unspecified atom stereocenters. The van der Waals surface area contributed by atoms with Crippen LogP contribution >= 0.6 is 11.3 Å². The van der Waals surface area contributed by atoms with E-state index in [4.69, 9.17) is 9.84 Å². The van der Waals surface area contributed by atoms with Gasteiger partial charge in [0.2, 0.25) is 0 Å². The monoisotopic (exact) mass is 465 g/mol. The minimum atomic E-state index is -0.136. The summed E-state index contributed by atoms with van der Waals surface area (Å²) in [6.07, 6.45) is 3.11. The van der Waals surface area contributed by atoms with E-state index in [0.717, 1.165) is 23.5 Å². The second kappa shape index (κ2) is 9.35. The zero-order valence-electron chi connectivity index (χ0n) is 18.6. The summed E-state index contributed by atoms with van der Waals surface area (Å²) in [5.74, 6) is 1.08. The van der Waals surface area contributed by atoms with Crippen molar-refractivity contribution >= 4 is 23.2 Å². The predicted molar refractivity (Wildman–Crippen MR) is 124 cm³/mol. The Morgan fingerprint density at radius 1 is 1.24 bits per heavy atom. The van der Waals surface area contributed by atoms with Crippen LogP contribution in [0.25, 0.3) is 0 Å². The van der Waals surface area contributed by atoms with Crippen LogP contribution in [0, 0.1) is 5.92 Å². The highest BCUT2D eigenvalue weighted by molar-refractivity contribution is 7.07. The van der Waals surface area contributed by atoms with Gasteiger partial charge in [-0.05, 0) is 30.9 Å². The van der Waals surface area contributed by atoms with E-state index in [1.54, 1.807) is 22.4 Å². The molecule has 0 spiro atoms. The van der Waals surface area contributed by atoms with E-state index in [0.29, 0.717) is 43.4 Å². The average Bonchev–Trinajstić information content (AvgIpc) is 3.37. The lowest BCUT2D eigenvalue weighted by Crippen LogP contribution is -2.40. The summed E-state index contributed by atoms with van der Waals surface area (Å²) >= 11 is 1.51. The fraction of sp³-hybridized carbons (Fsp3) is 0.417. The van der Waals surface area contributed by atoms with E-state index in [1.807, 2.05) is 40.4 Å². The summed E-state index contributed by atoms with van der Waals surface area (Å²) in [4.78, 5) is 33.9. The number of hydrogen-bond acceptors (Lipinski definition) is 6.